The summed E-state index contributed by atoms with van der Waals surface area (Å²) in [6.07, 6.45) is 0.823. The van der Waals surface area contributed by atoms with E-state index in [0.29, 0.717) is 19.6 Å². The number of hydrogen-bond acceptors (Lipinski definition) is 8. The van der Waals surface area contributed by atoms with Crippen LogP contribution in [-0.2, 0) is 9.53 Å². The standard InChI is InChI=1S/C12H17N3O6/c1-19-5-2-6-20-8-3-4-14-11(10(8)17)21-12(18)15-9(16)7-13/h3-4,17H,2,5-7,13H2,1H3,(H,15,16,18). The normalized spacial score (nSPS) is 10.0. The van der Waals surface area contributed by atoms with Crippen LogP contribution in [0.25, 0.3) is 0 Å². The molecule has 0 spiro atoms. The predicted molar refractivity (Wildman–Crippen MR) is 71.1 cm³/mol. The minimum Gasteiger partial charge on any atom is -0.501 e. The van der Waals surface area contributed by atoms with Crippen LogP contribution in [0.3, 0.4) is 0 Å². The van der Waals surface area contributed by atoms with Crippen LogP contribution in [0.15, 0.2) is 12.3 Å². The van der Waals surface area contributed by atoms with Crippen molar-refractivity contribution in [3.63, 3.8) is 0 Å². The number of ether oxygens (including phenoxy) is 3. The molecule has 2 amide bonds. The summed E-state index contributed by atoms with van der Waals surface area (Å²) < 4.78 is 14.8. The number of aromatic hydroxyl groups is 1. The molecule has 0 saturated carbocycles. The van der Waals surface area contributed by atoms with Crippen LogP contribution in [0, 0.1) is 0 Å². The summed E-state index contributed by atoms with van der Waals surface area (Å²) in [6, 6.07) is 1.41. The molecule has 0 aromatic carbocycles. The van der Waals surface area contributed by atoms with Crippen molar-refractivity contribution in [1.82, 2.24) is 10.3 Å². The Kier molecular flexibility index (Phi) is 6.92. The third kappa shape index (κ3) is 5.63. The number of nitrogens with two attached hydrogens (primary N) is 1. The summed E-state index contributed by atoms with van der Waals surface area (Å²) in [4.78, 5) is 25.9. The molecule has 0 aliphatic rings. The van der Waals surface area contributed by atoms with Gasteiger partial charge in [0.1, 0.15) is 0 Å². The quantitative estimate of drug-likeness (QED) is 0.588. The van der Waals surface area contributed by atoms with Gasteiger partial charge in [-0.1, -0.05) is 0 Å². The molecule has 4 N–H and O–H groups in total. The predicted octanol–water partition coefficient (Wildman–Crippen LogP) is -0.224. The zero-order chi connectivity index (χ0) is 15.7. The van der Waals surface area contributed by atoms with E-state index in [1.54, 1.807) is 7.11 Å². The number of nitrogens with one attached hydrogen (secondary N) is 1. The van der Waals surface area contributed by atoms with Gasteiger partial charge in [-0.15, -0.1) is 0 Å². The average molecular weight is 299 g/mol. The highest BCUT2D eigenvalue weighted by Crippen LogP contribution is 2.33. The van der Waals surface area contributed by atoms with Gasteiger partial charge >= 0.3 is 6.09 Å². The molecular formula is C12H17N3O6. The fraction of sp³-hybridized carbons (Fsp3) is 0.417. The number of carbonyl (C=O) groups excluding carboxylic acids is 2. The fourth-order valence-corrected chi connectivity index (χ4v) is 1.27. The Bertz CT molecular complexity index is 494. The lowest BCUT2D eigenvalue weighted by molar-refractivity contribution is -0.118. The first-order valence-electron chi connectivity index (χ1n) is 6.10. The van der Waals surface area contributed by atoms with Crippen molar-refractivity contribution >= 4 is 12.0 Å². The van der Waals surface area contributed by atoms with Crippen molar-refractivity contribution in [1.29, 1.82) is 0 Å². The van der Waals surface area contributed by atoms with Gasteiger partial charge in [0.25, 0.3) is 5.88 Å². The number of rotatable bonds is 7. The number of imide groups is 1. The number of methoxy groups -OCH3 is 1. The zero-order valence-corrected chi connectivity index (χ0v) is 11.5. The van der Waals surface area contributed by atoms with E-state index in [0.717, 1.165) is 0 Å². The SMILES string of the molecule is COCCCOc1ccnc(OC(=O)NC(=O)CN)c1O. The summed E-state index contributed by atoms with van der Waals surface area (Å²) in [5.41, 5.74) is 5.03. The summed E-state index contributed by atoms with van der Waals surface area (Å²) >= 11 is 0. The minimum atomic E-state index is -1.09. The Balaban J connectivity index is 2.63. The van der Waals surface area contributed by atoms with E-state index in [2.05, 4.69) is 4.98 Å². The molecular weight excluding hydrogens is 282 g/mol. The Morgan fingerprint density at radius 3 is 2.86 bits per heavy atom. The molecule has 1 heterocycles. The first-order chi connectivity index (χ1) is 10.1. The van der Waals surface area contributed by atoms with E-state index in [9.17, 15) is 14.7 Å². The Hall–Kier alpha value is -2.39. The van der Waals surface area contributed by atoms with Gasteiger partial charge in [-0.05, 0) is 0 Å². The summed E-state index contributed by atoms with van der Waals surface area (Å²) in [7, 11) is 1.57. The van der Waals surface area contributed by atoms with Gasteiger partial charge in [0, 0.05) is 32.4 Å². The molecule has 1 aromatic rings. The maximum atomic E-state index is 11.3. The van der Waals surface area contributed by atoms with Crippen LogP contribution < -0.4 is 20.5 Å². The van der Waals surface area contributed by atoms with Gasteiger partial charge in [0.2, 0.25) is 11.7 Å². The lowest BCUT2D eigenvalue weighted by Crippen LogP contribution is -2.37. The van der Waals surface area contributed by atoms with Gasteiger partial charge in [-0.25, -0.2) is 9.78 Å². The van der Waals surface area contributed by atoms with Crippen LogP contribution >= 0.6 is 0 Å². The molecule has 0 saturated heterocycles. The molecule has 116 valence electrons. The monoisotopic (exact) mass is 299 g/mol. The molecule has 1 rings (SSSR count). The van der Waals surface area contributed by atoms with Gasteiger partial charge in [0.05, 0.1) is 13.2 Å². The van der Waals surface area contributed by atoms with Crippen LogP contribution in [0.4, 0.5) is 4.79 Å². The van der Waals surface area contributed by atoms with Crippen molar-refractivity contribution in [2.45, 2.75) is 6.42 Å². The molecule has 1 aromatic heterocycles. The van der Waals surface area contributed by atoms with Crippen LogP contribution in [-0.4, -0.2) is 49.0 Å². The second kappa shape index (κ2) is 8.72. The van der Waals surface area contributed by atoms with Crippen molar-refractivity contribution in [3.8, 4) is 17.4 Å². The highest BCUT2D eigenvalue weighted by atomic mass is 16.6. The lowest BCUT2D eigenvalue weighted by atomic mass is 10.4. The second-order valence-corrected chi connectivity index (χ2v) is 3.80. The summed E-state index contributed by atoms with van der Waals surface area (Å²) in [5.74, 6) is -1.42. The number of pyridine rings is 1. The van der Waals surface area contributed by atoms with E-state index in [-0.39, 0.29) is 18.2 Å². The van der Waals surface area contributed by atoms with Crippen LogP contribution in [0.1, 0.15) is 6.42 Å². The van der Waals surface area contributed by atoms with Crippen LogP contribution in [0.5, 0.6) is 17.4 Å². The van der Waals surface area contributed by atoms with Crippen molar-refractivity contribution in [2.24, 2.45) is 5.73 Å². The third-order valence-electron chi connectivity index (χ3n) is 2.22. The molecule has 0 aliphatic heterocycles. The summed E-state index contributed by atoms with van der Waals surface area (Å²) in [6.45, 7) is 0.457. The molecule has 0 unspecified atom stereocenters. The highest BCUT2D eigenvalue weighted by Gasteiger charge is 2.16. The largest absolute Gasteiger partial charge is 0.501 e. The molecule has 9 nitrogen and oxygen atoms in total. The maximum Gasteiger partial charge on any atom is 0.420 e. The lowest BCUT2D eigenvalue weighted by Gasteiger charge is -2.10. The number of carbonyl (C=O) groups is 2. The zero-order valence-electron chi connectivity index (χ0n) is 11.5. The van der Waals surface area contributed by atoms with E-state index in [1.807, 2.05) is 5.32 Å². The molecule has 0 atom stereocenters. The van der Waals surface area contributed by atoms with Gasteiger partial charge in [-0.2, -0.15) is 0 Å². The topological polar surface area (TPSA) is 133 Å². The average Bonchev–Trinajstić information content (AvgIpc) is 2.47. The molecule has 0 radical (unpaired) electrons. The minimum absolute atomic E-state index is 0.106. The Morgan fingerprint density at radius 1 is 1.43 bits per heavy atom. The van der Waals surface area contributed by atoms with Crippen molar-refractivity contribution in [3.05, 3.63) is 12.3 Å². The van der Waals surface area contributed by atoms with Gasteiger partial charge < -0.3 is 25.1 Å². The molecule has 9 heteroatoms. The highest BCUT2D eigenvalue weighted by molar-refractivity contribution is 5.93. The fourth-order valence-electron chi connectivity index (χ4n) is 1.27. The molecule has 21 heavy (non-hydrogen) atoms. The van der Waals surface area contributed by atoms with Gasteiger partial charge in [0.15, 0.2) is 5.75 Å². The smallest absolute Gasteiger partial charge is 0.420 e. The van der Waals surface area contributed by atoms with Crippen LogP contribution in [0.2, 0.25) is 0 Å². The van der Waals surface area contributed by atoms with E-state index in [1.165, 1.54) is 12.3 Å². The first kappa shape index (κ1) is 16.7. The first-order valence-corrected chi connectivity index (χ1v) is 6.10. The molecule has 0 bridgehead atoms. The molecule has 0 fully saturated rings. The van der Waals surface area contributed by atoms with Gasteiger partial charge in [-0.3, -0.25) is 10.1 Å². The van der Waals surface area contributed by atoms with E-state index >= 15 is 0 Å². The number of aromatic nitrogens is 1. The number of nitrogens with zero attached hydrogens (tertiary/aromatic N) is 1. The third-order valence-corrected chi connectivity index (χ3v) is 2.22. The van der Waals surface area contributed by atoms with E-state index < -0.39 is 17.7 Å². The number of amides is 2. The van der Waals surface area contributed by atoms with E-state index in [4.69, 9.17) is 19.9 Å². The second-order valence-electron chi connectivity index (χ2n) is 3.80. The molecule has 0 aliphatic carbocycles. The van der Waals surface area contributed by atoms with Crippen molar-refractivity contribution in [2.75, 3.05) is 26.9 Å². The maximum absolute atomic E-state index is 11.3. The Morgan fingerprint density at radius 2 is 2.19 bits per heavy atom. The Labute approximate surface area is 121 Å². The number of hydrogen-bond donors (Lipinski definition) is 3. The summed E-state index contributed by atoms with van der Waals surface area (Å²) in [5, 5.41) is 11.7. The van der Waals surface area contributed by atoms with Crippen molar-refractivity contribution < 1.29 is 28.9 Å².